The van der Waals surface area contributed by atoms with Gasteiger partial charge in [0.05, 0.1) is 33.8 Å². The van der Waals surface area contributed by atoms with Crippen LogP contribution in [0, 0.1) is 0 Å². The number of nitrogens with zero attached hydrogens (tertiary/aromatic N) is 4. The van der Waals surface area contributed by atoms with Gasteiger partial charge in [-0.05, 0) is 55.7 Å². The van der Waals surface area contributed by atoms with Crippen LogP contribution >= 0.6 is 35.0 Å². The average molecular weight is 545 g/mol. The second-order valence-corrected chi connectivity index (χ2v) is 11.0. The number of benzene rings is 2. The highest BCUT2D eigenvalue weighted by Gasteiger charge is 2.34. The number of nitrogens with one attached hydrogen (secondary N) is 1. The van der Waals surface area contributed by atoms with Gasteiger partial charge in [0.25, 0.3) is 5.91 Å². The highest BCUT2D eigenvalue weighted by molar-refractivity contribution is 7.99. The van der Waals surface area contributed by atoms with Crippen molar-refractivity contribution in [3.05, 3.63) is 69.3 Å². The third-order valence-electron chi connectivity index (χ3n) is 6.79. The van der Waals surface area contributed by atoms with Crippen molar-refractivity contribution in [3.63, 3.8) is 0 Å². The highest BCUT2D eigenvalue weighted by atomic mass is 35.5. The Bertz CT molecular complexity index is 1300. The van der Waals surface area contributed by atoms with Crippen LogP contribution in [0.4, 0.5) is 17.3 Å². The molecule has 0 unspecified atom stereocenters. The summed E-state index contributed by atoms with van der Waals surface area (Å²) in [5.41, 5.74) is 4.42. The number of para-hydroxylation sites is 1. The van der Waals surface area contributed by atoms with Crippen LogP contribution < -0.4 is 10.2 Å². The van der Waals surface area contributed by atoms with E-state index < -0.39 is 0 Å². The summed E-state index contributed by atoms with van der Waals surface area (Å²) in [7, 11) is 1.74. The largest absolute Gasteiger partial charge is 0.383 e. The van der Waals surface area contributed by atoms with Crippen LogP contribution in [0.5, 0.6) is 0 Å². The normalized spacial score (nSPS) is 17.0. The summed E-state index contributed by atoms with van der Waals surface area (Å²) in [6.45, 7) is 7.12. The molecule has 2 aliphatic heterocycles. The van der Waals surface area contributed by atoms with E-state index in [2.05, 4.69) is 52.2 Å². The summed E-state index contributed by atoms with van der Waals surface area (Å²) in [6.07, 6.45) is 2.53. The molecule has 0 spiro atoms. The minimum atomic E-state index is -0.223. The van der Waals surface area contributed by atoms with Gasteiger partial charge in [-0.25, -0.2) is 9.97 Å². The smallest absolute Gasteiger partial charge is 0.263 e. The lowest BCUT2D eigenvalue weighted by atomic mass is 9.83. The molecule has 0 atom stereocenters. The first-order valence-electron chi connectivity index (χ1n) is 11.7. The predicted molar refractivity (Wildman–Crippen MR) is 146 cm³/mol. The van der Waals surface area contributed by atoms with Gasteiger partial charge in [0.1, 0.15) is 5.03 Å². The van der Waals surface area contributed by atoms with Gasteiger partial charge >= 0.3 is 0 Å². The van der Waals surface area contributed by atoms with Crippen LogP contribution in [-0.2, 0) is 16.7 Å². The zero-order valence-corrected chi connectivity index (χ0v) is 22.7. The monoisotopic (exact) mass is 543 g/mol. The Labute approximate surface area is 225 Å². The molecule has 0 bridgehead atoms. The highest BCUT2D eigenvalue weighted by Crippen LogP contribution is 2.40. The summed E-state index contributed by atoms with van der Waals surface area (Å²) in [6, 6.07) is 11.6. The van der Waals surface area contributed by atoms with E-state index >= 15 is 0 Å². The minimum absolute atomic E-state index is 0.0691. The van der Waals surface area contributed by atoms with Gasteiger partial charge in [0, 0.05) is 37.6 Å². The number of anilines is 3. The number of hydrogen-bond donors (Lipinski definition) is 1. The van der Waals surface area contributed by atoms with Crippen molar-refractivity contribution in [1.82, 2.24) is 14.9 Å². The zero-order valence-electron chi connectivity index (χ0n) is 20.3. The number of carbonyl (C=O) groups is 1. The van der Waals surface area contributed by atoms with Crippen LogP contribution in [0.25, 0.3) is 0 Å². The van der Waals surface area contributed by atoms with E-state index in [1.54, 1.807) is 36.4 Å². The molecule has 0 fully saturated rings. The third-order valence-corrected chi connectivity index (χ3v) is 8.38. The van der Waals surface area contributed by atoms with Gasteiger partial charge in [-0.1, -0.05) is 47.1 Å². The molecule has 2 aromatic carbocycles. The Morgan fingerprint density at radius 1 is 1.19 bits per heavy atom. The van der Waals surface area contributed by atoms with Crippen LogP contribution in [0.2, 0.25) is 10.0 Å². The first-order chi connectivity index (χ1) is 17.3. The fraction of sp³-hybridized carbons (Fsp3) is 0.346. The van der Waals surface area contributed by atoms with Crippen molar-refractivity contribution < 1.29 is 9.53 Å². The third kappa shape index (κ3) is 4.68. The molecule has 10 heteroatoms. The average Bonchev–Trinajstić information content (AvgIpc) is 2.84. The van der Waals surface area contributed by atoms with E-state index in [9.17, 15) is 4.79 Å². The standard InChI is InChI=1S/C26H27Cl2N5O2S/c1-26(2)19-8-7-17(13-16(19)9-10-32(26)11-12-35-3)30-25-29-14-18-23(31-25)36-15-33(24(18)34)22-20(27)5-4-6-21(22)28/h4-8,13-14H,9-12,15H2,1-3H3,(H,29,30,31). The lowest BCUT2D eigenvalue weighted by Crippen LogP contribution is -2.48. The molecule has 1 N–H and O–H groups in total. The number of amides is 1. The minimum Gasteiger partial charge on any atom is -0.383 e. The topological polar surface area (TPSA) is 70.6 Å². The second-order valence-electron chi connectivity index (χ2n) is 9.28. The molecule has 7 nitrogen and oxygen atoms in total. The van der Waals surface area contributed by atoms with Gasteiger partial charge in [-0.2, -0.15) is 0 Å². The molecule has 0 aliphatic carbocycles. The lowest BCUT2D eigenvalue weighted by Gasteiger charge is -2.44. The van der Waals surface area contributed by atoms with Crippen LogP contribution in [0.1, 0.15) is 35.3 Å². The second kappa shape index (κ2) is 10.2. The van der Waals surface area contributed by atoms with Crippen LogP contribution in [0.3, 0.4) is 0 Å². The van der Waals surface area contributed by atoms with Gasteiger partial charge in [0.2, 0.25) is 5.95 Å². The summed E-state index contributed by atoms with van der Waals surface area (Å²) >= 11 is 14.1. The van der Waals surface area contributed by atoms with Crippen molar-refractivity contribution >= 4 is 58.2 Å². The molecule has 0 saturated heterocycles. The molecule has 2 aliphatic rings. The number of thioether (sulfide) groups is 1. The number of ether oxygens (including phenoxy) is 1. The molecule has 5 rings (SSSR count). The summed E-state index contributed by atoms with van der Waals surface area (Å²) in [4.78, 5) is 26.3. The first-order valence-corrected chi connectivity index (χ1v) is 13.4. The van der Waals surface area contributed by atoms with Crippen molar-refractivity contribution in [2.75, 3.05) is 42.9 Å². The van der Waals surface area contributed by atoms with E-state index in [1.165, 1.54) is 22.9 Å². The molecule has 1 amide bonds. The van der Waals surface area contributed by atoms with Crippen molar-refractivity contribution in [2.24, 2.45) is 0 Å². The van der Waals surface area contributed by atoms with Crippen molar-refractivity contribution in [1.29, 1.82) is 0 Å². The fourth-order valence-electron chi connectivity index (χ4n) is 4.83. The van der Waals surface area contributed by atoms with E-state index in [-0.39, 0.29) is 11.4 Å². The van der Waals surface area contributed by atoms with Crippen molar-refractivity contribution in [3.8, 4) is 0 Å². The van der Waals surface area contributed by atoms with Gasteiger partial charge in [0.15, 0.2) is 0 Å². The van der Waals surface area contributed by atoms with E-state index in [0.717, 1.165) is 31.8 Å². The number of fused-ring (bicyclic) bond motifs is 2. The Morgan fingerprint density at radius 3 is 2.72 bits per heavy atom. The maximum absolute atomic E-state index is 13.2. The van der Waals surface area contributed by atoms with Crippen LogP contribution in [0.15, 0.2) is 47.6 Å². The number of halogens is 2. The molecular weight excluding hydrogens is 517 g/mol. The molecular formula is C26H27Cl2N5O2S. The Hall–Kier alpha value is -2.36. The number of rotatable bonds is 6. The predicted octanol–water partition coefficient (Wildman–Crippen LogP) is 5.98. The molecule has 188 valence electrons. The Balaban J connectivity index is 1.35. The lowest BCUT2D eigenvalue weighted by molar-refractivity contribution is 0.0677. The summed E-state index contributed by atoms with van der Waals surface area (Å²) < 4.78 is 5.29. The van der Waals surface area contributed by atoms with Gasteiger partial charge in [-0.3, -0.25) is 14.6 Å². The SMILES string of the molecule is COCCN1CCc2cc(Nc3ncc4c(n3)SCN(c3c(Cl)cccc3Cl)C4=O)ccc2C1(C)C. The summed E-state index contributed by atoms with van der Waals surface area (Å²) in [5.74, 6) is 0.591. The maximum atomic E-state index is 13.2. The molecule has 1 aromatic heterocycles. The van der Waals surface area contributed by atoms with Gasteiger partial charge in [-0.15, -0.1) is 0 Å². The van der Waals surface area contributed by atoms with Crippen LogP contribution in [-0.4, -0.2) is 53.5 Å². The Morgan fingerprint density at radius 2 is 1.97 bits per heavy atom. The van der Waals surface area contributed by atoms with Gasteiger partial charge < -0.3 is 10.1 Å². The molecule has 3 aromatic rings. The molecule has 0 radical (unpaired) electrons. The molecule has 3 heterocycles. The van der Waals surface area contributed by atoms with E-state index in [4.69, 9.17) is 27.9 Å². The molecule has 0 saturated carbocycles. The Kier molecular flexibility index (Phi) is 7.16. The quantitative estimate of drug-likeness (QED) is 0.383. The number of hydrogen-bond acceptors (Lipinski definition) is 7. The first kappa shape index (κ1) is 25.3. The number of carbonyl (C=O) groups excluding carboxylic acids is 1. The maximum Gasteiger partial charge on any atom is 0.263 e. The number of methoxy groups -OCH3 is 1. The van der Waals surface area contributed by atoms with E-state index in [0.29, 0.717) is 38.1 Å². The fourth-order valence-corrected chi connectivity index (χ4v) is 6.37. The zero-order chi connectivity index (χ0) is 25.4. The van der Waals surface area contributed by atoms with Crippen molar-refractivity contribution in [2.45, 2.75) is 30.8 Å². The summed E-state index contributed by atoms with van der Waals surface area (Å²) in [5, 5.41) is 4.80. The van der Waals surface area contributed by atoms with E-state index in [1.807, 2.05) is 0 Å². The molecule has 36 heavy (non-hydrogen) atoms. The number of aromatic nitrogens is 2.